The summed E-state index contributed by atoms with van der Waals surface area (Å²) in [5, 5.41) is 2.91. The molecule has 0 saturated carbocycles. The molecule has 0 saturated heterocycles. The number of halogens is 1. The molecule has 2 heterocycles. The first kappa shape index (κ1) is 17.1. The lowest BCUT2D eigenvalue weighted by Crippen LogP contribution is -2.44. The lowest BCUT2D eigenvalue weighted by Gasteiger charge is -2.27. The van der Waals surface area contributed by atoms with E-state index in [0.717, 1.165) is 20.6 Å². The van der Waals surface area contributed by atoms with Crippen LogP contribution < -0.4 is 5.32 Å². The van der Waals surface area contributed by atoms with E-state index in [-0.39, 0.29) is 0 Å². The Morgan fingerprint density at radius 3 is 2.55 bits per heavy atom. The van der Waals surface area contributed by atoms with Gasteiger partial charge in [-0.2, -0.15) is 0 Å². The molecule has 120 valence electrons. The van der Waals surface area contributed by atoms with E-state index in [2.05, 4.69) is 45.9 Å². The fourth-order valence-electron chi connectivity index (χ4n) is 2.31. The number of imidazole rings is 1. The minimum Gasteiger partial charge on any atom is -0.444 e. The third kappa shape index (κ3) is 3.53. The standard InChI is InChI=1S/C16H22IN3O2/c1-10-8-7-9-20-11(10)12(17)18-13(20)16(5,6)19-14(21)22-15(2,3)4/h7-9H,1-6H3,(H,19,21). The fraction of sp³-hybridized carbons (Fsp3) is 0.500. The zero-order valence-corrected chi connectivity index (χ0v) is 16.0. The van der Waals surface area contributed by atoms with Crippen molar-refractivity contribution in [3.63, 3.8) is 0 Å². The van der Waals surface area contributed by atoms with Gasteiger partial charge in [0.1, 0.15) is 15.1 Å². The Kier molecular flexibility index (Phi) is 4.43. The normalized spacial score (nSPS) is 12.5. The van der Waals surface area contributed by atoms with Crippen molar-refractivity contribution >= 4 is 34.2 Å². The van der Waals surface area contributed by atoms with Gasteiger partial charge in [-0.1, -0.05) is 6.07 Å². The molecule has 1 amide bonds. The molecule has 0 bridgehead atoms. The van der Waals surface area contributed by atoms with Gasteiger partial charge in [0.05, 0.1) is 11.1 Å². The van der Waals surface area contributed by atoms with Crippen molar-refractivity contribution in [3.05, 3.63) is 33.4 Å². The topological polar surface area (TPSA) is 55.6 Å². The summed E-state index contributed by atoms with van der Waals surface area (Å²) in [7, 11) is 0. The maximum absolute atomic E-state index is 12.1. The highest BCUT2D eigenvalue weighted by molar-refractivity contribution is 14.1. The lowest BCUT2D eigenvalue weighted by molar-refractivity contribution is 0.0466. The number of aryl methyl sites for hydroxylation is 1. The average molecular weight is 415 g/mol. The summed E-state index contributed by atoms with van der Waals surface area (Å²) in [6.07, 6.45) is 1.52. The summed E-state index contributed by atoms with van der Waals surface area (Å²) in [5.41, 5.74) is 1.04. The van der Waals surface area contributed by atoms with Crippen molar-refractivity contribution in [2.75, 3.05) is 0 Å². The zero-order valence-electron chi connectivity index (χ0n) is 13.8. The van der Waals surface area contributed by atoms with Crippen LogP contribution in [0.5, 0.6) is 0 Å². The largest absolute Gasteiger partial charge is 0.444 e. The van der Waals surface area contributed by atoms with E-state index >= 15 is 0 Å². The number of pyridine rings is 1. The summed E-state index contributed by atoms with van der Waals surface area (Å²) in [4.78, 5) is 16.7. The van der Waals surface area contributed by atoms with Crippen LogP contribution in [0.3, 0.4) is 0 Å². The summed E-state index contributed by atoms with van der Waals surface area (Å²) in [6, 6.07) is 4.03. The van der Waals surface area contributed by atoms with Gasteiger partial charge >= 0.3 is 6.09 Å². The van der Waals surface area contributed by atoms with E-state index < -0.39 is 17.2 Å². The number of carbonyl (C=O) groups excluding carboxylic acids is 1. The Balaban J connectivity index is 2.38. The Morgan fingerprint density at radius 2 is 1.95 bits per heavy atom. The van der Waals surface area contributed by atoms with E-state index in [1.165, 1.54) is 0 Å². The van der Waals surface area contributed by atoms with Gasteiger partial charge < -0.3 is 14.5 Å². The highest BCUT2D eigenvalue weighted by atomic mass is 127. The van der Waals surface area contributed by atoms with E-state index in [4.69, 9.17) is 4.74 Å². The first-order valence-corrected chi connectivity index (χ1v) is 8.24. The maximum atomic E-state index is 12.1. The van der Waals surface area contributed by atoms with Crippen molar-refractivity contribution in [1.29, 1.82) is 0 Å². The number of alkyl carbamates (subject to hydrolysis) is 1. The molecule has 0 fully saturated rings. The smallest absolute Gasteiger partial charge is 0.408 e. The number of hydrogen-bond donors (Lipinski definition) is 1. The number of nitrogens with zero attached hydrogens (tertiary/aromatic N) is 2. The van der Waals surface area contributed by atoms with Gasteiger partial charge in [0, 0.05) is 6.20 Å². The lowest BCUT2D eigenvalue weighted by atomic mass is 10.1. The number of ether oxygens (including phenoxy) is 1. The molecule has 5 nitrogen and oxygen atoms in total. The van der Waals surface area contributed by atoms with E-state index in [0.29, 0.717) is 0 Å². The number of rotatable bonds is 2. The Hall–Kier alpha value is -1.31. The van der Waals surface area contributed by atoms with Gasteiger partial charge in [0.2, 0.25) is 0 Å². The van der Waals surface area contributed by atoms with E-state index in [9.17, 15) is 4.79 Å². The maximum Gasteiger partial charge on any atom is 0.408 e. The molecular formula is C16H22IN3O2. The SMILES string of the molecule is Cc1cccn2c(C(C)(C)NC(=O)OC(C)(C)C)nc(I)c12. The van der Waals surface area contributed by atoms with E-state index in [1.807, 2.05) is 51.3 Å². The fourth-order valence-corrected chi connectivity index (χ4v) is 3.22. The molecule has 0 aliphatic rings. The molecule has 2 aromatic rings. The van der Waals surface area contributed by atoms with Gasteiger partial charge in [-0.05, 0) is 75.8 Å². The predicted octanol–water partition coefficient (Wildman–Crippen LogP) is 4.01. The van der Waals surface area contributed by atoms with Crippen molar-refractivity contribution in [1.82, 2.24) is 14.7 Å². The average Bonchev–Trinajstić information content (AvgIpc) is 2.65. The predicted molar refractivity (Wildman–Crippen MR) is 95.0 cm³/mol. The van der Waals surface area contributed by atoms with Gasteiger partial charge in [0.25, 0.3) is 0 Å². The molecule has 0 aliphatic heterocycles. The van der Waals surface area contributed by atoms with Crippen LogP contribution in [0.2, 0.25) is 0 Å². The van der Waals surface area contributed by atoms with Crippen LogP contribution in [0.25, 0.3) is 5.52 Å². The number of fused-ring (bicyclic) bond motifs is 1. The quantitative estimate of drug-likeness (QED) is 0.755. The van der Waals surface area contributed by atoms with Gasteiger partial charge in [-0.15, -0.1) is 0 Å². The van der Waals surface area contributed by atoms with Crippen molar-refractivity contribution < 1.29 is 9.53 Å². The molecule has 0 aromatic carbocycles. The number of carbonyl (C=O) groups is 1. The first-order chi connectivity index (χ1) is 10.0. The van der Waals surface area contributed by atoms with Crippen LogP contribution in [-0.4, -0.2) is 21.1 Å². The summed E-state index contributed by atoms with van der Waals surface area (Å²) < 4.78 is 8.29. The van der Waals surface area contributed by atoms with Crippen molar-refractivity contribution in [2.24, 2.45) is 0 Å². The molecule has 0 aliphatic carbocycles. The summed E-state index contributed by atoms with van der Waals surface area (Å²) >= 11 is 2.22. The Bertz CT molecular complexity index is 714. The van der Waals surface area contributed by atoms with Crippen LogP contribution in [0.1, 0.15) is 46.0 Å². The number of hydrogen-bond acceptors (Lipinski definition) is 3. The minimum absolute atomic E-state index is 0.447. The Morgan fingerprint density at radius 1 is 1.32 bits per heavy atom. The second kappa shape index (κ2) is 5.72. The first-order valence-electron chi connectivity index (χ1n) is 7.16. The molecule has 22 heavy (non-hydrogen) atoms. The van der Waals surface area contributed by atoms with Crippen LogP contribution >= 0.6 is 22.6 Å². The number of aromatic nitrogens is 2. The number of nitrogens with one attached hydrogen (secondary N) is 1. The van der Waals surface area contributed by atoms with Crippen LogP contribution in [0, 0.1) is 10.6 Å². The molecular weight excluding hydrogens is 393 g/mol. The van der Waals surface area contributed by atoms with Crippen LogP contribution in [0.15, 0.2) is 18.3 Å². The van der Waals surface area contributed by atoms with Gasteiger partial charge in [-0.25, -0.2) is 9.78 Å². The highest BCUT2D eigenvalue weighted by Crippen LogP contribution is 2.26. The molecule has 0 spiro atoms. The Labute approximate surface area is 144 Å². The third-order valence-electron chi connectivity index (χ3n) is 3.20. The molecule has 0 unspecified atom stereocenters. The van der Waals surface area contributed by atoms with Crippen LogP contribution in [-0.2, 0) is 10.3 Å². The molecule has 2 rings (SSSR count). The summed E-state index contributed by atoms with van der Waals surface area (Å²) in [5.74, 6) is 0.779. The van der Waals surface area contributed by atoms with Crippen molar-refractivity contribution in [2.45, 2.75) is 52.7 Å². The zero-order chi connectivity index (χ0) is 16.7. The molecule has 0 atom stereocenters. The number of amides is 1. The van der Waals surface area contributed by atoms with E-state index in [1.54, 1.807) is 0 Å². The third-order valence-corrected chi connectivity index (χ3v) is 3.95. The van der Waals surface area contributed by atoms with Gasteiger partial charge in [0.15, 0.2) is 0 Å². The summed E-state index contributed by atoms with van der Waals surface area (Å²) in [6.45, 7) is 11.4. The molecule has 1 N–H and O–H groups in total. The highest BCUT2D eigenvalue weighted by Gasteiger charge is 2.31. The monoisotopic (exact) mass is 415 g/mol. The molecule has 6 heteroatoms. The second-order valence-corrected chi connectivity index (χ2v) is 7.91. The molecule has 2 aromatic heterocycles. The molecule has 0 radical (unpaired) electrons. The minimum atomic E-state index is -0.650. The van der Waals surface area contributed by atoms with Crippen LogP contribution in [0.4, 0.5) is 4.79 Å². The second-order valence-electron chi connectivity index (χ2n) is 6.89. The van der Waals surface area contributed by atoms with Gasteiger partial charge in [-0.3, -0.25) is 0 Å². The van der Waals surface area contributed by atoms with Crippen molar-refractivity contribution in [3.8, 4) is 0 Å².